The van der Waals surface area contributed by atoms with Crippen LogP contribution in [0.15, 0.2) is 255 Å². The van der Waals surface area contributed by atoms with Gasteiger partial charge in [0, 0.05) is 22.9 Å². The average Bonchev–Trinajstić information content (AvgIpc) is 3.79. The molecule has 7 aromatic carbocycles. The summed E-state index contributed by atoms with van der Waals surface area (Å²) in [5.74, 6) is 0. The van der Waals surface area contributed by atoms with E-state index >= 15 is 0 Å². The minimum atomic E-state index is -0.283. The minimum absolute atomic E-state index is 0.283. The van der Waals surface area contributed by atoms with E-state index in [4.69, 9.17) is 5.73 Å². The van der Waals surface area contributed by atoms with Crippen molar-refractivity contribution in [1.29, 1.82) is 0 Å². The Hall–Kier alpha value is -8.46. The van der Waals surface area contributed by atoms with Gasteiger partial charge in [-0.3, -0.25) is 0 Å². The van der Waals surface area contributed by atoms with Crippen LogP contribution in [0.4, 0.5) is 5.69 Å². The van der Waals surface area contributed by atoms with Crippen molar-refractivity contribution >= 4 is 34.6 Å². The molecule has 3 N–H and O–H groups in total. The molecule has 0 aromatic heterocycles. The van der Waals surface area contributed by atoms with Crippen LogP contribution in [0.5, 0.6) is 0 Å². The van der Waals surface area contributed by atoms with E-state index in [0.29, 0.717) is 0 Å². The molecule has 0 radical (unpaired) electrons. The molecule has 0 spiro atoms. The maximum Gasteiger partial charge on any atom is 0.0459 e. The molecule has 3 aliphatic rings. The van der Waals surface area contributed by atoms with Gasteiger partial charge in [-0.25, -0.2) is 0 Å². The van der Waals surface area contributed by atoms with E-state index in [1.165, 1.54) is 106 Å². The van der Waals surface area contributed by atoms with Crippen LogP contribution in [0.3, 0.4) is 0 Å². The highest BCUT2D eigenvalue weighted by molar-refractivity contribution is 6.14. The van der Waals surface area contributed by atoms with Gasteiger partial charge in [-0.2, -0.15) is 0 Å². The number of nitrogens with two attached hydrogens (primary N) is 1. The number of rotatable bonds is 7. The third kappa shape index (κ3) is 9.05. The van der Waals surface area contributed by atoms with Gasteiger partial charge < -0.3 is 11.1 Å². The lowest BCUT2D eigenvalue weighted by Gasteiger charge is -2.23. The number of hydrogen-bond donors (Lipinski definition) is 2. The molecule has 1 heterocycles. The van der Waals surface area contributed by atoms with Crippen molar-refractivity contribution in [2.75, 3.05) is 5.32 Å². The van der Waals surface area contributed by atoms with Gasteiger partial charge >= 0.3 is 0 Å². The van der Waals surface area contributed by atoms with Gasteiger partial charge in [-0.05, 0) is 144 Å². The quantitative estimate of drug-likeness (QED) is 0.157. The van der Waals surface area contributed by atoms with Crippen molar-refractivity contribution in [2.45, 2.75) is 26.2 Å². The third-order valence-electron chi connectivity index (χ3n) is 12.9. The van der Waals surface area contributed by atoms with Crippen molar-refractivity contribution in [1.82, 2.24) is 0 Å². The molecule has 10 rings (SSSR count). The Morgan fingerprint density at radius 3 is 1.93 bits per heavy atom. The van der Waals surface area contributed by atoms with Crippen LogP contribution < -0.4 is 11.1 Å². The summed E-state index contributed by atoms with van der Waals surface area (Å²) in [4.78, 5) is 0. The number of hydrogen-bond acceptors (Lipinski definition) is 2. The minimum Gasteiger partial charge on any atom is -0.405 e. The second-order valence-electron chi connectivity index (χ2n) is 17.5. The van der Waals surface area contributed by atoms with E-state index in [0.717, 1.165) is 5.69 Å². The Labute approximate surface area is 403 Å². The van der Waals surface area contributed by atoms with Crippen molar-refractivity contribution in [2.24, 2.45) is 5.73 Å². The highest BCUT2D eigenvalue weighted by Gasteiger charge is 2.38. The number of nitrogens with one attached hydrogen (secondary N) is 1. The lowest BCUT2D eigenvalue weighted by atomic mass is 9.80. The van der Waals surface area contributed by atoms with Gasteiger partial charge in [-0.15, -0.1) is 0 Å². The summed E-state index contributed by atoms with van der Waals surface area (Å²) in [6.07, 6.45) is 30.2. The third-order valence-corrected chi connectivity index (χ3v) is 12.9. The molecule has 0 bridgehead atoms. The molecular formula is C66H56N2. The summed E-state index contributed by atoms with van der Waals surface area (Å²) in [6.45, 7) is 10.7. The molecular weight excluding hydrogens is 821 g/mol. The molecule has 7 aromatic rings. The monoisotopic (exact) mass is 876 g/mol. The molecule has 2 nitrogen and oxygen atoms in total. The van der Waals surface area contributed by atoms with E-state index in [1.807, 2.05) is 49.6 Å². The van der Waals surface area contributed by atoms with Gasteiger partial charge in [0.2, 0.25) is 0 Å². The Morgan fingerprint density at radius 2 is 1.21 bits per heavy atom. The van der Waals surface area contributed by atoms with Crippen LogP contribution in [-0.4, -0.2) is 0 Å². The van der Waals surface area contributed by atoms with E-state index in [2.05, 4.69) is 226 Å². The van der Waals surface area contributed by atoms with E-state index in [-0.39, 0.29) is 5.41 Å². The highest BCUT2D eigenvalue weighted by atomic mass is 14.8. The first-order chi connectivity index (χ1) is 33.4. The van der Waals surface area contributed by atoms with Crippen LogP contribution in [-0.2, 0) is 5.41 Å². The van der Waals surface area contributed by atoms with Crippen molar-refractivity contribution in [3.8, 4) is 33.4 Å². The number of para-hydroxylation sites is 1. The number of anilines is 1. The first kappa shape index (κ1) is 44.7. The molecule has 2 aliphatic carbocycles. The SMILES string of the molecule is C/C=C\C=C\N.C=C/C=C/C=C1\C(=C/c2ccc3c(c2)C(=C(c2ccccc2)c2ccccc2)c2ccccc2-3)C(C)(C)c2cc(-c3ccc4c(c3)-c3ccccc3N/C=C/C=C\C=C/4)ccc21. The van der Waals surface area contributed by atoms with Crippen LogP contribution in [0.2, 0.25) is 0 Å². The van der Waals surface area contributed by atoms with E-state index in [9.17, 15) is 0 Å². The van der Waals surface area contributed by atoms with Crippen LogP contribution >= 0.6 is 0 Å². The predicted octanol–water partition coefficient (Wildman–Crippen LogP) is 17.1. The number of fused-ring (bicyclic) bond motifs is 7. The summed E-state index contributed by atoms with van der Waals surface area (Å²) in [5.41, 5.74) is 28.0. The Balaban J connectivity index is 0.000000905. The summed E-state index contributed by atoms with van der Waals surface area (Å²) >= 11 is 0. The van der Waals surface area contributed by atoms with Crippen LogP contribution in [0.25, 0.3) is 62.3 Å². The lowest BCUT2D eigenvalue weighted by molar-refractivity contribution is 0.665. The van der Waals surface area contributed by atoms with Crippen LogP contribution in [0.1, 0.15) is 65.3 Å². The number of benzene rings is 7. The molecule has 0 fully saturated rings. The van der Waals surface area contributed by atoms with Crippen molar-refractivity contribution in [3.63, 3.8) is 0 Å². The Morgan fingerprint density at radius 1 is 0.559 bits per heavy atom. The maximum atomic E-state index is 4.98. The molecule has 0 atom stereocenters. The average molecular weight is 877 g/mol. The topological polar surface area (TPSA) is 38.0 Å². The second-order valence-corrected chi connectivity index (χ2v) is 17.5. The molecule has 2 heteroatoms. The van der Waals surface area contributed by atoms with E-state index in [1.54, 1.807) is 6.08 Å². The van der Waals surface area contributed by atoms with Gasteiger partial charge in [0.25, 0.3) is 0 Å². The molecule has 330 valence electrons. The van der Waals surface area contributed by atoms with Gasteiger partial charge in [-0.1, -0.05) is 227 Å². The second kappa shape index (κ2) is 20.4. The standard InChI is InChI=1S/C61H47N.C5H9N/c1-4-5-10-27-50-51-36-34-47(46-33-32-43-21-11-6-7-20-37-62-58-30-19-18-28-52(58)54(43)40-46)41-57(51)61(2,3)56(50)39-42-31-35-49-48-26-16-17-29-53(48)60(55(49)38-42)59(44-22-12-8-13-23-44)45-24-14-9-15-25-45;1-2-3-4-5-6/h4-41,62H,1H2,2-3H3;2-5H,6H2,1H3/b7-6-,10-5+,21-11-,37-20+,50-27-,56-39+;3-2-,5-4+. The van der Waals surface area contributed by atoms with Crippen LogP contribution in [0, 0.1) is 0 Å². The molecule has 68 heavy (non-hydrogen) atoms. The summed E-state index contributed by atoms with van der Waals surface area (Å²) < 4.78 is 0. The Bertz CT molecular complexity index is 3230. The molecule has 0 saturated heterocycles. The largest absolute Gasteiger partial charge is 0.405 e. The van der Waals surface area contributed by atoms with Gasteiger partial charge in [0.05, 0.1) is 0 Å². The number of allylic oxidation sites excluding steroid dienone is 13. The molecule has 0 saturated carbocycles. The molecule has 0 amide bonds. The van der Waals surface area contributed by atoms with Gasteiger partial charge in [0.15, 0.2) is 0 Å². The summed E-state index contributed by atoms with van der Waals surface area (Å²) in [7, 11) is 0. The lowest BCUT2D eigenvalue weighted by Crippen LogP contribution is -2.15. The first-order valence-corrected chi connectivity index (χ1v) is 23.4. The zero-order valence-corrected chi connectivity index (χ0v) is 39.0. The van der Waals surface area contributed by atoms with E-state index < -0.39 is 0 Å². The fourth-order valence-corrected chi connectivity index (χ4v) is 9.66. The fourth-order valence-electron chi connectivity index (χ4n) is 9.66. The smallest absolute Gasteiger partial charge is 0.0459 e. The summed E-state index contributed by atoms with van der Waals surface area (Å²) in [5, 5.41) is 3.51. The fraction of sp³-hybridized carbons (Fsp3) is 0.0606. The molecule has 1 aliphatic heterocycles. The van der Waals surface area contributed by atoms with Crippen molar-refractivity contribution in [3.05, 3.63) is 300 Å². The highest BCUT2D eigenvalue weighted by Crippen LogP contribution is 2.53. The zero-order valence-electron chi connectivity index (χ0n) is 39.0. The van der Waals surface area contributed by atoms with Gasteiger partial charge in [0.1, 0.15) is 0 Å². The first-order valence-electron chi connectivity index (χ1n) is 23.4. The summed E-state index contributed by atoms with van der Waals surface area (Å²) in [6, 6.07) is 60.1. The molecule has 0 unspecified atom stereocenters. The Kier molecular flexibility index (Phi) is 13.4. The zero-order chi connectivity index (χ0) is 46.9. The van der Waals surface area contributed by atoms with Crippen molar-refractivity contribution < 1.29 is 0 Å². The predicted molar refractivity (Wildman–Crippen MR) is 294 cm³/mol. The normalized spacial score (nSPS) is 16.7. The maximum absolute atomic E-state index is 4.98.